The van der Waals surface area contributed by atoms with Crippen LogP contribution in [0.4, 0.5) is 0 Å². The maximum absolute atomic E-state index is 12.3. The van der Waals surface area contributed by atoms with Crippen molar-refractivity contribution >= 4 is 23.4 Å². The van der Waals surface area contributed by atoms with Crippen LogP contribution in [0.5, 0.6) is 0 Å². The maximum Gasteiger partial charge on any atom is 0.225 e. The van der Waals surface area contributed by atoms with Crippen molar-refractivity contribution in [3.8, 4) is 0 Å². The van der Waals surface area contributed by atoms with Crippen molar-refractivity contribution in [2.75, 3.05) is 13.1 Å². The molecule has 1 N–H and O–H groups in total. The molecule has 3 rings (SSSR count). The molecule has 25 heavy (non-hydrogen) atoms. The second-order valence-corrected chi connectivity index (χ2v) is 6.76. The third-order valence-electron chi connectivity index (χ3n) is 4.43. The number of hydrogen-bond acceptors (Lipinski definition) is 2. The highest BCUT2D eigenvalue weighted by atomic mass is 35.5. The lowest BCUT2D eigenvalue weighted by atomic mass is 10.1. The quantitative estimate of drug-likeness (QED) is 0.864. The highest BCUT2D eigenvalue weighted by Gasteiger charge is 2.33. The molecule has 1 unspecified atom stereocenters. The first-order valence-electron chi connectivity index (χ1n) is 8.45. The van der Waals surface area contributed by atoms with E-state index in [0.29, 0.717) is 31.1 Å². The molecule has 2 amide bonds. The Morgan fingerprint density at radius 1 is 1.08 bits per heavy atom. The third kappa shape index (κ3) is 4.83. The van der Waals surface area contributed by atoms with Gasteiger partial charge in [-0.05, 0) is 29.7 Å². The molecular weight excluding hydrogens is 336 g/mol. The summed E-state index contributed by atoms with van der Waals surface area (Å²) in [5.74, 6) is -0.263. The van der Waals surface area contributed by atoms with Gasteiger partial charge in [0.15, 0.2) is 0 Å². The van der Waals surface area contributed by atoms with Crippen LogP contribution >= 0.6 is 11.6 Å². The van der Waals surface area contributed by atoms with Gasteiger partial charge < -0.3 is 10.2 Å². The molecule has 1 atom stereocenters. The Labute approximate surface area is 152 Å². The van der Waals surface area contributed by atoms with Gasteiger partial charge in [0.1, 0.15) is 0 Å². The summed E-state index contributed by atoms with van der Waals surface area (Å²) >= 11 is 5.86. The summed E-state index contributed by atoms with van der Waals surface area (Å²) in [5, 5.41) is 3.65. The summed E-state index contributed by atoms with van der Waals surface area (Å²) in [5.41, 5.74) is 2.21. The molecule has 0 bridgehead atoms. The molecular formula is C20H21ClN2O2. The lowest BCUT2D eigenvalue weighted by Crippen LogP contribution is -2.34. The van der Waals surface area contributed by atoms with E-state index in [4.69, 9.17) is 11.6 Å². The van der Waals surface area contributed by atoms with Crippen LogP contribution in [0, 0.1) is 5.92 Å². The minimum absolute atomic E-state index is 0.0432. The van der Waals surface area contributed by atoms with Crippen molar-refractivity contribution in [2.24, 2.45) is 5.92 Å². The standard InChI is InChI=1S/C20H21ClN2O2/c21-18-8-6-15(7-9-18)10-11-22-20(25)17-12-19(24)23(14-17)13-16-4-2-1-3-5-16/h1-9,17H,10-14H2,(H,22,25). The van der Waals surface area contributed by atoms with Crippen LogP contribution in [0.3, 0.4) is 0 Å². The second kappa shape index (κ2) is 8.17. The van der Waals surface area contributed by atoms with Crippen molar-refractivity contribution in [3.63, 3.8) is 0 Å². The monoisotopic (exact) mass is 356 g/mol. The van der Waals surface area contributed by atoms with Crippen molar-refractivity contribution in [2.45, 2.75) is 19.4 Å². The third-order valence-corrected chi connectivity index (χ3v) is 4.68. The number of carbonyl (C=O) groups is 2. The van der Waals surface area contributed by atoms with Crippen LogP contribution in [0.1, 0.15) is 17.5 Å². The molecule has 5 heteroatoms. The Bertz CT molecular complexity index is 731. The van der Waals surface area contributed by atoms with E-state index in [2.05, 4.69) is 5.32 Å². The van der Waals surface area contributed by atoms with Gasteiger partial charge in [0.25, 0.3) is 0 Å². The van der Waals surface area contributed by atoms with Crippen molar-refractivity contribution in [1.29, 1.82) is 0 Å². The van der Waals surface area contributed by atoms with Crippen LogP contribution in [0.15, 0.2) is 54.6 Å². The minimum Gasteiger partial charge on any atom is -0.355 e. The number of amides is 2. The highest BCUT2D eigenvalue weighted by molar-refractivity contribution is 6.30. The van der Waals surface area contributed by atoms with Gasteiger partial charge in [-0.25, -0.2) is 0 Å². The molecule has 2 aromatic carbocycles. The number of hydrogen-bond donors (Lipinski definition) is 1. The van der Waals surface area contributed by atoms with Gasteiger partial charge in [-0.1, -0.05) is 54.1 Å². The summed E-state index contributed by atoms with van der Waals surface area (Å²) < 4.78 is 0. The molecule has 1 aliphatic heterocycles. The van der Waals surface area contributed by atoms with E-state index >= 15 is 0 Å². The summed E-state index contributed by atoms with van der Waals surface area (Å²) in [6.45, 7) is 1.61. The second-order valence-electron chi connectivity index (χ2n) is 6.33. The summed E-state index contributed by atoms with van der Waals surface area (Å²) in [6.07, 6.45) is 1.04. The summed E-state index contributed by atoms with van der Waals surface area (Å²) in [4.78, 5) is 26.2. The molecule has 0 aromatic heterocycles. The van der Waals surface area contributed by atoms with E-state index in [0.717, 1.165) is 17.5 Å². The highest BCUT2D eigenvalue weighted by Crippen LogP contribution is 2.20. The van der Waals surface area contributed by atoms with E-state index in [1.807, 2.05) is 54.6 Å². The van der Waals surface area contributed by atoms with E-state index in [-0.39, 0.29) is 17.7 Å². The molecule has 130 valence electrons. The van der Waals surface area contributed by atoms with Crippen molar-refractivity contribution in [1.82, 2.24) is 10.2 Å². The molecule has 1 saturated heterocycles. The zero-order valence-corrected chi connectivity index (χ0v) is 14.7. The number of carbonyl (C=O) groups excluding carboxylic acids is 2. The molecule has 1 aliphatic rings. The van der Waals surface area contributed by atoms with E-state index in [1.165, 1.54) is 0 Å². The fourth-order valence-corrected chi connectivity index (χ4v) is 3.16. The molecule has 0 spiro atoms. The van der Waals surface area contributed by atoms with Gasteiger partial charge in [-0.3, -0.25) is 9.59 Å². The number of nitrogens with one attached hydrogen (secondary N) is 1. The van der Waals surface area contributed by atoms with Crippen LogP contribution in [-0.2, 0) is 22.6 Å². The summed E-state index contributed by atoms with van der Waals surface area (Å²) in [6, 6.07) is 17.4. The lowest BCUT2D eigenvalue weighted by molar-refractivity contribution is -0.129. The molecule has 1 heterocycles. The molecule has 4 nitrogen and oxygen atoms in total. The van der Waals surface area contributed by atoms with Gasteiger partial charge in [-0.15, -0.1) is 0 Å². The average molecular weight is 357 g/mol. The summed E-state index contributed by atoms with van der Waals surface area (Å²) in [7, 11) is 0. The fraction of sp³-hybridized carbons (Fsp3) is 0.300. The van der Waals surface area contributed by atoms with E-state index < -0.39 is 0 Å². The van der Waals surface area contributed by atoms with E-state index in [1.54, 1.807) is 4.90 Å². The lowest BCUT2D eigenvalue weighted by Gasteiger charge is -2.16. The van der Waals surface area contributed by atoms with E-state index in [9.17, 15) is 9.59 Å². The smallest absolute Gasteiger partial charge is 0.225 e. The predicted octanol–water partition coefficient (Wildman–Crippen LogP) is 3.05. The van der Waals surface area contributed by atoms with Crippen LogP contribution in [0.25, 0.3) is 0 Å². The first kappa shape index (κ1) is 17.5. The Morgan fingerprint density at radius 2 is 1.80 bits per heavy atom. The molecule has 2 aromatic rings. The minimum atomic E-state index is -0.263. The number of halogens is 1. The zero-order chi connectivity index (χ0) is 17.6. The SMILES string of the molecule is O=C(NCCc1ccc(Cl)cc1)C1CC(=O)N(Cc2ccccc2)C1. The van der Waals surface area contributed by atoms with Gasteiger partial charge in [0.05, 0.1) is 5.92 Å². The topological polar surface area (TPSA) is 49.4 Å². The fourth-order valence-electron chi connectivity index (χ4n) is 3.03. The Kier molecular flexibility index (Phi) is 5.71. The largest absolute Gasteiger partial charge is 0.355 e. The maximum atomic E-state index is 12.3. The molecule has 0 radical (unpaired) electrons. The average Bonchev–Trinajstić information content (AvgIpc) is 2.98. The first-order chi connectivity index (χ1) is 12.1. The first-order valence-corrected chi connectivity index (χ1v) is 8.83. The number of benzene rings is 2. The zero-order valence-electron chi connectivity index (χ0n) is 14.0. The van der Waals surface area contributed by atoms with Gasteiger partial charge in [0.2, 0.25) is 11.8 Å². The number of likely N-dealkylation sites (tertiary alicyclic amines) is 1. The number of rotatable bonds is 6. The predicted molar refractivity (Wildman–Crippen MR) is 98.1 cm³/mol. The Balaban J connectivity index is 1.46. The van der Waals surface area contributed by atoms with Crippen LogP contribution < -0.4 is 5.32 Å². The van der Waals surface area contributed by atoms with Crippen LogP contribution in [0.2, 0.25) is 5.02 Å². The Hall–Kier alpha value is -2.33. The van der Waals surface area contributed by atoms with Gasteiger partial charge >= 0.3 is 0 Å². The molecule has 0 saturated carbocycles. The molecule has 1 fully saturated rings. The number of nitrogens with zero attached hydrogens (tertiary/aromatic N) is 1. The van der Waals surface area contributed by atoms with Crippen molar-refractivity contribution in [3.05, 3.63) is 70.7 Å². The Morgan fingerprint density at radius 3 is 2.52 bits per heavy atom. The normalized spacial score (nSPS) is 16.9. The molecule has 0 aliphatic carbocycles. The van der Waals surface area contributed by atoms with Crippen LogP contribution in [-0.4, -0.2) is 29.8 Å². The van der Waals surface area contributed by atoms with Gasteiger partial charge in [0, 0.05) is 31.1 Å². The van der Waals surface area contributed by atoms with Crippen molar-refractivity contribution < 1.29 is 9.59 Å². The van der Waals surface area contributed by atoms with Gasteiger partial charge in [-0.2, -0.15) is 0 Å².